The number of anilines is 2. The van der Waals surface area contributed by atoms with Crippen LogP contribution in [-0.2, 0) is 9.59 Å². The van der Waals surface area contributed by atoms with Gasteiger partial charge in [0, 0.05) is 23.4 Å². The second-order valence-electron chi connectivity index (χ2n) is 6.86. The van der Waals surface area contributed by atoms with Gasteiger partial charge < -0.3 is 20.1 Å². The van der Waals surface area contributed by atoms with E-state index in [1.165, 1.54) is 7.11 Å². The zero-order valence-corrected chi connectivity index (χ0v) is 16.8. The molecular weight excluding hydrogens is 428 g/mol. The normalized spacial score (nSPS) is 13.1. The summed E-state index contributed by atoms with van der Waals surface area (Å²) in [4.78, 5) is 34.5. The van der Waals surface area contributed by atoms with Crippen LogP contribution in [0.5, 0.6) is 11.5 Å². The van der Waals surface area contributed by atoms with Gasteiger partial charge in [-0.3, -0.25) is 19.7 Å². The topological polar surface area (TPSA) is 120 Å². The monoisotopic (exact) mass is 447 g/mol. The van der Waals surface area contributed by atoms with Crippen LogP contribution in [0.25, 0.3) is 6.08 Å². The summed E-state index contributed by atoms with van der Waals surface area (Å²) in [5.74, 6) is -1.20. The predicted molar refractivity (Wildman–Crippen MR) is 112 cm³/mol. The van der Waals surface area contributed by atoms with E-state index in [1.807, 2.05) is 0 Å². The van der Waals surface area contributed by atoms with Crippen LogP contribution in [0, 0.1) is 16.0 Å². The maximum absolute atomic E-state index is 12.5. The zero-order valence-electron chi connectivity index (χ0n) is 16.8. The molecule has 0 bridgehead atoms. The van der Waals surface area contributed by atoms with Crippen LogP contribution in [0.4, 0.5) is 25.8 Å². The van der Waals surface area contributed by atoms with Crippen molar-refractivity contribution >= 4 is 35.0 Å². The molecule has 11 heteroatoms. The van der Waals surface area contributed by atoms with E-state index in [1.54, 1.807) is 24.3 Å². The highest BCUT2D eigenvalue weighted by Crippen LogP contribution is 2.36. The highest BCUT2D eigenvalue weighted by molar-refractivity contribution is 6.02. The summed E-state index contributed by atoms with van der Waals surface area (Å²) in [5, 5.41) is 16.7. The minimum absolute atomic E-state index is 0.0355. The number of hydrogen-bond acceptors (Lipinski definition) is 6. The summed E-state index contributed by atoms with van der Waals surface area (Å²) >= 11 is 0. The summed E-state index contributed by atoms with van der Waals surface area (Å²) < 4.78 is 34.2. The number of benzene rings is 2. The van der Waals surface area contributed by atoms with Crippen LogP contribution in [0.1, 0.15) is 18.4 Å². The van der Waals surface area contributed by atoms with Gasteiger partial charge in [-0.2, -0.15) is 8.78 Å². The van der Waals surface area contributed by atoms with E-state index < -0.39 is 28.9 Å². The first-order valence-corrected chi connectivity index (χ1v) is 9.48. The van der Waals surface area contributed by atoms with Crippen LogP contribution in [0.3, 0.4) is 0 Å². The van der Waals surface area contributed by atoms with E-state index >= 15 is 0 Å². The fourth-order valence-corrected chi connectivity index (χ4v) is 2.78. The first-order chi connectivity index (χ1) is 15.3. The maximum Gasteiger partial charge on any atom is 0.387 e. The highest BCUT2D eigenvalue weighted by atomic mass is 19.3. The number of carbonyl (C=O) groups is 2. The molecule has 2 aromatic carbocycles. The molecule has 1 saturated carbocycles. The van der Waals surface area contributed by atoms with E-state index in [0.29, 0.717) is 11.4 Å². The smallest absolute Gasteiger partial charge is 0.387 e. The number of halogens is 2. The van der Waals surface area contributed by atoms with Gasteiger partial charge in [-0.1, -0.05) is 0 Å². The summed E-state index contributed by atoms with van der Waals surface area (Å²) in [5.41, 5.74) is 0.462. The molecule has 0 radical (unpaired) electrons. The van der Waals surface area contributed by atoms with Gasteiger partial charge in [0.05, 0.1) is 23.7 Å². The second kappa shape index (κ2) is 9.86. The molecule has 9 nitrogen and oxygen atoms in total. The molecule has 1 fully saturated rings. The number of nitro groups is 1. The number of nitrogens with zero attached hydrogens (tertiary/aromatic N) is 1. The van der Waals surface area contributed by atoms with Crippen molar-refractivity contribution in [3.8, 4) is 11.5 Å². The highest BCUT2D eigenvalue weighted by Gasteiger charge is 2.29. The first kappa shape index (κ1) is 22.7. The standard InChI is InChI=1S/C21H19F2N3O6/c1-31-17-10-13(16(26(29)30)11-18(17)32-21(22)23)4-9-19(27)24-14-5-7-15(8-6-14)25-20(28)12-2-3-12/h4-12,21H,2-3H2,1H3,(H,24,27)(H,25,28)/b9-4+. The predicted octanol–water partition coefficient (Wildman–Crippen LogP) is 4.21. The lowest BCUT2D eigenvalue weighted by Crippen LogP contribution is -2.13. The number of alkyl halides is 2. The van der Waals surface area contributed by atoms with E-state index in [-0.39, 0.29) is 23.1 Å². The van der Waals surface area contributed by atoms with Crippen LogP contribution in [-0.4, -0.2) is 30.5 Å². The number of methoxy groups -OCH3 is 1. The van der Waals surface area contributed by atoms with Crippen LogP contribution < -0.4 is 20.1 Å². The summed E-state index contributed by atoms with van der Waals surface area (Å²) in [6.07, 6.45) is 3.99. The van der Waals surface area contributed by atoms with Crippen molar-refractivity contribution < 1.29 is 32.8 Å². The lowest BCUT2D eigenvalue weighted by Gasteiger charge is -2.11. The molecule has 0 saturated heterocycles. The molecule has 0 atom stereocenters. The Morgan fingerprint density at radius 3 is 2.28 bits per heavy atom. The number of hydrogen-bond donors (Lipinski definition) is 2. The summed E-state index contributed by atoms with van der Waals surface area (Å²) in [7, 11) is 1.19. The molecule has 32 heavy (non-hydrogen) atoms. The Kier molecular flexibility index (Phi) is 6.98. The Morgan fingerprint density at radius 1 is 1.12 bits per heavy atom. The van der Waals surface area contributed by atoms with Gasteiger partial charge >= 0.3 is 6.61 Å². The average Bonchev–Trinajstić information content (AvgIpc) is 3.59. The fourth-order valence-electron chi connectivity index (χ4n) is 2.78. The van der Waals surface area contributed by atoms with Crippen molar-refractivity contribution in [3.63, 3.8) is 0 Å². The van der Waals surface area contributed by atoms with Crippen molar-refractivity contribution in [1.29, 1.82) is 0 Å². The largest absolute Gasteiger partial charge is 0.493 e. The van der Waals surface area contributed by atoms with E-state index in [0.717, 1.165) is 37.1 Å². The number of ether oxygens (including phenoxy) is 2. The molecular formula is C21H19F2N3O6. The molecule has 0 aliphatic heterocycles. The minimum Gasteiger partial charge on any atom is -0.493 e. The zero-order chi connectivity index (χ0) is 23.3. The third-order valence-electron chi connectivity index (χ3n) is 4.51. The minimum atomic E-state index is -3.19. The van der Waals surface area contributed by atoms with E-state index in [2.05, 4.69) is 15.4 Å². The number of rotatable bonds is 9. The van der Waals surface area contributed by atoms with E-state index in [9.17, 15) is 28.5 Å². The molecule has 2 aromatic rings. The van der Waals surface area contributed by atoms with Gasteiger partial charge in [-0.05, 0) is 49.2 Å². The van der Waals surface area contributed by atoms with Crippen LogP contribution in [0.2, 0.25) is 0 Å². The molecule has 168 valence electrons. The average molecular weight is 447 g/mol. The second-order valence-corrected chi connectivity index (χ2v) is 6.86. The molecule has 0 spiro atoms. The third kappa shape index (κ3) is 6.00. The quantitative estimate of drug-likeness (QED) is 0.338. The van der Waals surface area contributed by atoms with Crippen molar-refractivity contribution in [1.82, 2.24) is 0 Å². The van der Waals surface area contributed by atoms with Gasteiger partial charge in [0.25, 0.3) is 5.69 Å². The Balaban J connectivity index is 1.70. The van der Waals surface area contributed by atoms with E-state index in [4.69, 9.17) is 4.74 Å². The van der Waals surface area contributed by atoms with Crippen molar-refractivity contribution in [2.75, 3.05) is 17.7 Å². The molecule has 1 aliphatic carbocycles. The molecule has 0 aromatic heterocycles. The summed E-state index contributed by atoms with van der Waals surface area (Å²) in [6.45, 7) is -3.19. The van der Waals surface area contributed by atoms with Gasteiger partial charge in [0.2, 0.25) is 11.8 Å². The Morgan fingerprint density at radius 2 is 1.75 bits per heavy atom. The molecule has 0 unspecified atom stereocenters. The Bertz CT molecular complexity index is 1050. The maximum atomic E-state index is 12.5. The number of amides is 2. The molecule has 3 rings (SSSR count). The lowest BCUT2D eigenvalue weighted by atomic mass is 10.1. The van der Waals surface area contributed by atoms with Crippen LogP contribution >= 0.6 is 0 Å². The lowest BCUT2D eigenvalue weighted by molar-refractivity contribution is -0.385. The fraction of sp³-hybridized carbons (Fsp3) is 0.238. The summed E-state index contributed by atoms with van der Waals surface area (Å²) in [6, 6.07) is 8.38. The molecule has 0 heterocycles. The van der Waals surface area contributed by atoms with Crippen molar-refractivity contribution in [3.05, 3.63) is 58.2 Å². The van der Waals surface area contributed by atoms with Gasteiger partial charge in [-0.25, -0.2) is 0 Å². The van der Waals surface area contributed by atoms with Crippen molar-refractivity contribution in [2.45, 2.75) is 19.5 Å². The van der Waals surface area contributed by atoms with Gasteiger partial charge in [0.1, 0.15) is 0 Å². The third-order valence-corrected chi connectivity index (χ3v) is 4.51. The molecule has 1 aliphatic rings. The van der Waals surface area contributed by atoms with Crippen LogP contribution in [0.15, 0.2) is 42.5 Å². The van der Waals surface area contributed by atoms with Gasteiger partial charge in [-0.15, -0.1) is 0 Å². The number of nitrogens with one attached hydrogen (secondary N) is 2. The number of carbonyl (C=O) groups excluding carboxylic acids is 2. The van der Waals surface area contributed by atoms with Gasteiger partial charge in [0.15, 0.2) is 11.5 Å². The molecule has 2 N–H and O–H groups in total. The number of nitro benzene ring substituents is 1. The first-order valence-electron chi connectivity index (χ1n) is 9.48. The SMILES string of the molecule is COc1cc(/C=C/C(=O)Nc2ccc(NC(=O)C3CC3)cc2)c([N+](=O)[O-])cc1OC(F)F. The van der Waals surface area contributed by atoms with Crippen molar-refractivity contribution in [2.24, 2.45) is 5.92 Å². The Hall–Kier alpha value is -4.02. The molecule has 2 amide bonds. The Labute approximate surface area is 181 Å².